The second kappa shape index (κ2) is 8.03. The molecule has 0 atom stereocenters. The van der Waals surface area contributed by atoms with Crippen molar-refractivity contribution >= 4 is 28.2 Å². The smallest absolute Gasteiger partial charge is 0.331 e. The van der Waals surface area contributed by atoms with E-state index in [0.29, 0.717) is 23.1 Å². The molecule has 0 unspecified atom stereocenters. The summed E-state index contributed by atoms with van der Waals surface area (Å²) in [4.78, 5) is 50.7. The number of aromatic nitrogens is 2. The van der Waals surface area contributed by atoms with Crippen molar-refractivity contribution in [2.75, 3.05) is 0 Å². The highest BCUT2D eigenvalue weighted by molar-refractivity contribution is 6.25. The summed E-state index contributed by atoms with van der Waals surface area (Å²) in [5.74, 6) is -1.72. The number of aliphatic hydroxyl groups excluding tert-OH is 1. The van der Waals surface area contributed by atoms with E-state index in [1.807, 2.05) is 0 Å². The van der Waals surface area contributed by atoms with Crippen molar-refractivity contribution in [3.63, 3.8) is 0 Å². The van der Waals surface area contributed by atoms with E-state index in [4.69, 9.17) is 0 Å². The van der Waals surface area contributed by atoms with Crippen molar-refractivity contribution in [2.45, 2.75) is 32.7 Å². The Balaban J connectivity index is 1.95. The van der Waals surface area contributed by atoms with Crippen molar-refractivity contribution in [3.8, 4) is 0 Å². The number of fused-ring (bicyclic) bond motifs is 1. The second-order valence-electron chi connectivity index (χ2n) is 7.92. The number of hydrogen-bond donors (Lipinski definition) is 1. The van der Waals surface area contributed by atoms with Gasteiger partial charge in [-0.1, -0.05) is 12.1 Å². The lowest BCUT2D eigenvalue weighted by Crippen LogP contribution is -2.39. The van der Waals surface area contributed by atoms with Gasteiger partial charge in [0.2, 0.25) is 0 Å². The van der Waals surface area contributed by atoms with Crippen LogP contribution in [0.25, 0.3) is 16.7 Å². The minimum atomic E-state index is -0.578. The summed E-state index contributed by atoms with van der Waals surface area (Å²) in [6.45, 7) is 1.54. The summed E-state index contributed by atoms with van der Waals surface area (Å²) in [6, 6.07) is 8.49. The SMILES string of the molecule is Cc1c(C(O)=C2C(=O)CCCC2=O)ccc2c1c(=O)n(Cc1ccc(F)cc1)c(=O)n2C. The van der Waals surface area contributed by atoms with Gasteiger partial charge in [-0.15, -0.1) is 0 Å². The van der Waals surface area contributed by atoms with Gasteiger partial charge in [0, 0.05) is 25.5 Å². The molecular weight excluding hydrogens is 415 g/mol. The number of benzene rings is 2. The van der Waals surface area contributed by atoms with E-state index in [1.54, 1.807) is 6.92 Å². The Morgan fingerprint density at radius 2 is 1.62 bits per heavy atom. The molecule has 0 radical (unpaired) electrons. The molecule has 2 aromatic carbocycles. The number of nitrogens with zero attached hydrogens (tertiary/aromatic N) is 2. The molecule has 1 fully saturated rings. The number of allylic oxidation sites excluding steroid dienone is 1. The lowest BCUT2D eigenvalue weighted by atomic mass is 9.88. The van der Waals surface area contributed by atoms with Crippen molar-refractivity contribution in [2.24, 2.45) is 7.05 Å². The first-order valence-corrected chi connectivity index (χ1v) is 10.2. The number of rotatable bonds is 3. The Kier molecular flexibility index (Phi) is 5.38. The zero-order valence-electron chi connectivity index (χ0n) is 17.6. The van der Waals surface area contributed by atoms with E-state index in [9.17, 15) is 28.7 Å². The molecule has 1 heterocycles. The van der Waals surface area contributed by atoms with E-state index in [1.165, 1.54) is 48.0 Å². The molecule has 0 aliphatic heterocycles. The van der Waals surface area contributed by atoms with Crippen LogP contribution in [0.4, 0.5) is 4.39 Å². The van der Waals surface area contributed by atoms with Crippen LogP contribution in [0.2, 0.25) is 0 Å². The fourth-order valence-electron chi connectivity index (χ4n) is 4.13. The van der Waals surface area contributed by atoms with Crippen LogP contribution >= 0.6 is 0 Å². The predicted octanol–water partition coefficient (Wildman–Crippen LogP) is 2.79. The van der Waals surface area contributed by atoms with Crippen LogP contribution in [-0.2, 0) is 23.2 Å². The first-order chi connectivity index (χ1) is 15.2. The number of carbonyl (C=O) groups is 2. The lowest BCUT2D eigenvalue weighted by Gasteiger charge is -2.17. The highest BCUT2D eigenvalue weighted by Gasteiger charge is 2.28. The number of Topliss-reactive ketones (excluding diaryl/α,β-unsaturated/α-hetero) is 2. The molecule has 1 aliphatic carbocycles. The fraction of sp³-hybridized carbons (Fsp3) is 0.250. The highest BCUT2D eigenvalue weighted by atomic mass is 19.1. The molecule has 1 aliphatic rings. The maximum absolute atomic E-state index is 13.3. The first-order valence-electron chi connectivity index (χ1n) is 10.2. The molecule has 3 aromatic rings. The van der Waals surface area contributed by atoms with Gasteiger partial charge in [-0.25, -0.2) is 9.18 Å². The quantitative estimate of drug-likeness (QED) is 0.387. The summed E-state index contributed by atoms with van der Waals surface area (Å²) in [5.41, 5.74) is 0.116. The molecule has 1 N–H and O–H groups in total. The average Bonchev–Trinajstić information content (AvgIpc) is 2.76. The Morgan fingerprint density at radius 1 is 1.00 bits per heavy atom. The van der Waals surface area contributed by atoms with E-state index in [0.717, 1.165) is 4.57 Å². The van der Waals surface area contributed by atoms with Crippen LogP contribution in [0.3, 0.4) is 0 Å². The molecule has 1 saturated carbocycles. The largest absolute Gasteiger partial charge is 0.506 e. The fourth-order valence-corrected chi connectivity index (χ4v) is 4.13. The number of aliphatic hydroxyl groups is 1. The van der Waals surface area contributed by atoms with E-state index in [-0.39, 0.29) is 35.9 Å². The van der Waals surface area contributed by atoms with E-state index in [2.05, 4.69) is 0 Å². The summed E-state index contributed by atoms with van der Waals surface area (Å²) in [6.07, 6.45) is 0.800. The van der Waals surface area contributed by atoms with Crippen LogP contribution in [0.15, 0.2) is 51.6 Å². The first kappa shape index (κ1) is 21.4. The summed E-state index contributed by atoms with van der Waals surface area (Å²) < 4.78 is 15.6. The molecule has 7 nitrogen and oxygen atoms in total. The predicted molar refractivity (Wildman–Crippen MR) is 117 cm³/mol. The summed E-state index contributed by atoms with van der Waals surface area (Å²) in [7, 11) is 1.52. The third kappa shape index (κ3) is 3.47. The zero-order valence-corrected chi connectivity index (χ0v) is 17.6. The topological polar surface area (TPSA) is 98.4 Å². The van der Waals surface area contributed by atoms with Gasteiger partial charge in [-0.2, -0.15) is 0 Å². The number of aryl methyl sites for hydroxylation is 2. The molecule has 0 bridgehead atoms. The normalized spacial score (nSPS) is 14.3. The van der Waals surface area contributed by atoms with E-state index >= 15 is 0 Å². The van der Waals surface area contributed by atoms with Gasteiger partial charge in [0.05, 0.1) is 17.4 Å². The Bertz CT molecular complexity index is 1410. The van der Waals surface area contributed by atoms with Gasteiger partial charge in [0.15, 0.2) is 11.6 Å². The number of halogens is 1. The summed E-state index contributed by atoms with van der Waals surface area (Å²) >= 11 is 0. The monoisotopic (exact) mass is 436 g/mol. The summed E-state index contributed by atoms with van der Waals surface area (Å²) in [5, 5.41) is 11.0. The molecule has 1 aromatic heterocycles. The average molecular weight is 436 g/mol. The molecule has 4 rings (SSSR count). The van der Waals surface area contributed by atoms with E-state index < -0.39 is 34.4 Å². The standard InChI is InChI=1S/C24H21FN2O5/c1-13-16(22(30)21-18(28)4-3-5-19(21)29)10-11-17-20(13)23(31)27(24(32)26(17)2)12-14-6-8-15(25)9-7-14/h6-11,30H,3-5,12H2,1-2H3. The van der Waals surface area contributed by atoms with Crippen LogP contribution < -0.4 is 11.2 Å². The van der Waals surface area contributed by atoms with Gasteiger partial charge < -0.3 is 5.11 Å². The van der Waals surface area contributed by atoms with Gasteiger partial charge in [-0.05, 0) is 48.7 Å². The van der Waals surface area contributed by atoms with Gasteiger partial charge in [0.25, 0.3) is 5.56 Å². The van der Waals surface area contributed by atoms with Crippen molar-refractivity contribution in [3.05, 3.63) is 85.3 Å². The Hall–Kier alpha value is -3.81. The lowest BCUT2D eigenvalue weighted by molar-refractivity contribution is -0.123. The van der Waals surface area contributed by atoms with Gasteiger partial charge in [-0.3, -0.25) is 23.5 Å². The number of hydrogen-bond acceptors (Lipinski definition) is 5. The third-order valence-corrected chi connectivity index (χ3v) is 5.89. The number of ketones is 2. The zero-order chi connectivity index (χ0) is 23.2. The molecule has 0 saturated heterocycles. The maximum Gasteiger partial charge on any atom is 0.331 e. The van der Waals surface area contributed by atoms with Crippen LogP contribution in [0, 0.1) is 12.7 Å². The minimum absolute atomic E-state index is 0.0601. The Labute approximate surface area is 182 Å². The van der Waals surface area contributed by atoms with Crippen LogP contribution in [-0.4, -0.2) is 25.8 Å². The second-order valence-corrected chi connectivity index (χ2v) is 7.92. The molecule has 164 valence electrons. The number of carbonyl (C=O) groups excluding carboxylic acids is 2. The van der Waals surface area contributed by atoms with Crippen molar-refractivity contribution in [1.29, 1.82) is 0 Å². The van der Waals surface area contributed by atoms with Crippen LogP contribution in [0.5, 0.6) is 0 Å². The molecule has 0 spiro atoms. The van der Waals surface area contributed by atoms with Crippen LogP contribution in [0.1, 0.15) is 36.0 Å². The molecule has 0 amide bonds. The van der Waals surface area contributed by atoms with Gasteiger partial charge >= 0.3 is 5.69 Å². The highest BCUT2D eigenvalue weighted by Crippen LogP contribution is 2.29. The maximum atomic E-state index is 13.3. The van der Waals surface area contributed by atoms with Crippen molar-refractivity contribution < 1.29 is 19.1 Å². The molecular formula is C24H21FN2O5. The third-order valence-electron chi connectivity index (χ3n) is 5.89. The van der Waals surface area contributed by atoms with Gasteiger partial charge in [0.1, 0.15) is 17.1 Å². The Morgan fingerprint density at radius 3 is 2.25 bits per heavy atom. The minimum Gasteiger partial charge on any atom is -0.506 e. The van der Waals surface area contributed by atoms with Crippen molar-refractivity contribution in [1.82, 2.24) is 9.13 Å². The molecule has 8 heteroatoms. The molecule has 32 heavy (non-hydrogen) atoms.